The molecule has 0 heterocycles. The van der Waals surface area contributed by atoms with Crippen LogP contribution in [0.25, 0.3) is 0 Å². The molecular formula is C10H8Cl2N2O2. The van der Waals surface area contributed by atoms with Crippen LogP contribution in [-0.2, 0) is 4.79 Å². The fourth-order valence-electron chi connectivity index (χ4n) is 0.971. The van der Waals surface area contributed by atoms with Gasteiger partial charge in [-0.15, -0.1) is 0 Å². The van der Waals surface area contributed by atoms with Crippen molar-refractivity contribution in [3.8, 4) is 11.9 Å². The van der Waals surface area contributed by atoms with E-state index in [2.05, 4.69) is 0 Å². The third-order valence-corrected chi connectivity index (χ3v) is 2.28. The Labute approximate surface area is 103 Å². The van der Waals surface area contributed by atoms with E-state index in [1.54, 1.807) is 12.1 Å². The Hall–Kier alpha value is -1.44. The lowest BCUT2D eigenvalue weighted by molar-refractivity contribution is -0.126. The molecule has 1 unspecified atom stereocenters. The maximum Gasteiger partial charge on any atom is 0.273 e. The highest BCUT2D eigenvalue weighted by Gasteiger charge is 2.15. The topological polar surface area (TPSA) is 62.1 Å². The number of nitrogens with zero attached hydrogens (tertiary/aromatic N) is 1. The molecule has 0 aromatic heterocycles. The zero-order chi connectivity index (χ0) is 12.1. The number of rotatable bonds is 3. The second-order valence-corrected chi connectivity index (χ2v) is 3.78. The largest absolute Gasteiger partial charge is 0.479 e. The molecule has 0 spiro atoms. The number of hydrogen-bond donors (Lipinski definition) is 1. The Morgan fingerprint density at radius 1 is 1.56 bits per heavy atom. The summed E-state index contributed by atoms with van der Waals surface area (Å²) >= 11 is 11.6. The van der Waals surface area contributed by atoms with Crippen molar-refractivity contribution in [1.82, 2.24) is 5.32 Å². The van der Waals surface area contributed by atoms with Crippen molar-refractivity contribution in [2.75, 3.05) is 0 Å². The second kappa shape index (κ2) is 5.59. The molecule has 0 aliphatic carbocycles. The van der Waals surface area contributed by atoms with Gasteiger partial charge in [-0.2, -0.15) is 5.26 Å². The molecule has 0 fully saturated rings. The minimum absolute atomic E-state index is 0.309. The molecule has 1 aromatic carbocycles. The van der Waals surface area contributed by atoms with Crippen molar-refractivity contribution in [2.24, 2.45) is 0 Å². The van der Waals surface area contributed by atoms with Gasteiger partial charge in [-0.05, 0) is 25.1 Å². The summed E-state index contributed by atoms with van der Waals surface area (Å²) in [5, 5.41) is 11.0. The van der Waals surface area contributed by atoms with Gasteiger partial charge in [-0.1, -0.05) is 23.2 Å². The van der Waals surface area contributed by atoms with Gasteiger partial charge in [0.15, 0.2) is 12.3 Å². The third-order valence-electron chi connectivity index (χ3n) is 1.75. The van der Waals surface area contributed by atoms with Gasteiger partial charge in [-0.25, -0.2) is 0 Å². The van der Waals surface area contributed by atoms with Gasteiger partial charge in [0.2, 0.25) is 0 Å². The van der Waals surface area contributed by atoms with Crippen LogP contribution >= 0.6 is 23.2 Å². The van der Waals surface area contributed by atoms with Crippen molar-refractivity contribution in [1.29, 1.82) is 5.26 Å². The summed E-state index contributed by atoms with van der Waals surface area (Å²) in [5.41, 5.74) is 0. The maximum atomic E-state index is 11.2. The predicted octanol–water partition coefficient (Wildman–Crippen LogP) is 2.36. The third kappa shape index (κ3) is 3.30. The SMILES string of the molecule is CC(Oc1ccc(Cl)cc1Cl)C(=O)NC#N. The highest BCUT2D eigenvalue weighted by Crippen LogP contribution is 2.28. The average molecular weight is 259 g/mol. The first-order valence-electron chi connectivity index (χ1n) is 4.35. The van der Waals surface area contributed by atoms with E-state index in [1.807, 2.05) is 5.32 Å². The molecular weight excluding hydrogens is 251 g/mol. The van der Waals surface area contributed by atoms with E-state index in [9.17, 15) is 4.79 Å². The van der Waals surface area contributed by atoms with Crippen molar-refractivity contribution in [2.45, 2.75) is 13.0 Å². The molecule has 1 N–H and O–H groups in total. The van der Waals surface area contributed by atoms with Gasteiger partial charge in [0.25, 0.3) is 5.91 Å². The van der Waals surface area contributed by atoms with Crippen LogP contribution in [0.1, 0.15) is 6.92 Å². The zero-order valence-electron chi connectivity index (χ0n) is 8.33. The molecule has 1 aromatic rings. The molecule has 0 bridgehead atoms. The number of nitrogens with one attached hydrogen (secondary N) is 1. The smallest absolute Gasteiger partial charge is 0.273 e. The monoisotopic (exact) mass is 258 g/mol. The van der Waals surface area contributed by atoms with Gasteiger partial charge < -0.3 is 4.74 Å². The molecule has 1 rings (SSSR count). The Morgan fingerprint density at radius 2 is 2.25 bits per heavy atom. The lowest BCUT2D eigenvalue weighted by Crippen LogP contribution is -2.33. The number of ether oxygens (including phenoxy) is 1. The van der Waals surface area contributed by atoms with Crippen molar-refractivity contribution < 1.29 is 9.53 Å². The Balaban J connectivity index is 2.74. The van der Waals surface area contributed by atoms with E-state index in [-0.39, 0.29) is 0 Å². The minimum Gasteiger partial charge on any atom is -0.479 e. The van der Waals surface area contributed by atoms with Crippen LogP contribution in [0.3, 0.4) is 0 Å². The average Bonchev–Trinajstić information content (AvgIpc) is 2.22. The molecule has 0 radical (unpaired) electrons. The molecule has 0 saturated carbocycles. The predicted molar refractivity (Wildman–Crippen MR) is 60.3 cm³/mol. The van der Waals surface area contributed by atoms with Crippen molar-refractivity contribution in [3.63, 3.8) is 0 Å². The number of nitriles is 1. The summed E-state index contributed by atoms with van der Waals surface area (Å²) in [4.78, 5) is 11.2. The first-order valence-corrected chi connectivity index (χ1v) is 5.11. The molecule has 16 heavy (non-hydrogen) atoms. The van der Waals surface area contributed by atoms with Gasteiger partial charge in [0, 0.05) is 5.02 Å². The van der Waals surface area contributed by atoms with E-state index in [4.69, 9.17) is 33.2 Å². The summed E-state index contributed by atoms with van der Waals surface area (Å²) in [6.45, 7) is 1.51. The summed E-state index contributed by atoms with van der Waals surface area (Å²) < 4.78 is 5.26. The molecule has 1 atom stereocenters. The van der Waals surface area contributed by atoms with Gasteiger partial charge in [0.05, 0.1) is 5.02 Å². The van der Waals surface area contributed by atoms with Gasteiger partial charge >= 0.3 is 0 Å². The van der Waals surface area contributed by atoms with Crippen LogP contribution in [0, 0.1) is 11.5 Å². The van der Waals surface area contributed by atoms with E-state index in [1.165, 1.54) is 19.2 Å². The Kier molecular flexibility index (Phi) is 4.41. The summed E-state index contributed by atoms with van der Waals surface area (Å²) in [6.07, 6.45) is 0.717. The number of benzene rings is 1. The summed E-state index contributed by atoms with van der Waals surface area (Å²) in [5.74, 6) is -0.194. The lowest BCUT2D eigenvalue weighted by atomic mass is 10.3. The standard InChI is InChI=1S/C10H8Cl2N2O2/c1-6(10(15)14-5-13)16-9-3-2-7(11)4-8(9)12/h2-4,6H,1H3,(H,14,15). The minimum atomic E-state index is -0.807. The molecule has 1 amide bonds. The van der Waals surface area contributed by atoms with Crippen LogP contribution in [0.4, 0.5) is 0 Å². The van der Waals surface area contributed by atoms with Crippen LogP contribution < -0.4 is 10.1 Å². The molecule has 4 nitrogen and oxygen atoms in total. The van der Waals surface area contributed by atoms with Crippen LogP contribution in [0.15, 0.2) is 18.2 Å². The van der Waals surface area contributed by atoms with E-state index >= 15 is 0 Å². The fourth-order valence-corrected chi connectivity index (χ4v) is 1.42. The quantitative estimate of drug-likeness (QED) is 0.669. The zero-order valence-corrected chi connectivity index (χ0v) is 9.84. The van der Waals surface area contributed by atoms with Gasteiger partial charge in [-0.3, -0.25) is 10.1 Å². The maximum absolute atomic E-state index is 11.2. The van der Waals surface area contributed by atoms with Crippen molar-refractivity contribution >= 4 is 29.1 Å². The summed E-state index contributed by atoms with van der Waals surface area (Å²) in [6, 6.07) is 4.66. The van der Waals surface area contributed by atoms with E-state index in [0.29, 0.717) is 15.8 Å². The van der Waals surface area contributed by atoms with Crippen LogP contribution in [0.5, 0.6) is 5.75 Å². The number of halogens is 2. The number of carbonyl (C=O) groups is 1. The normalized spacial score (nSPS) is 11.4. The van der Waals surface area contributed by atoms with E-state index < -0.39 is 12.0 Å². The highest BCUT2D eigenvalue weighted by molar-refractivity contribution is 6.35. The number of hydrogen-bond acceptors (Lipinski definition) is 3. The molecule has 6 heteroatoms. The van der Waals surface area contributed by atoms with Crippen molar-refractivity contribution in [3.05, 3.63) is 28.2 Å². The highest BCUT2D eigenvalue weighted by atomic mass is 35.5. The number of amides is 1. The molecule has 0 aliphatic rings. The summed E-state index contributed by atoms with van der Waals surface area (Å²) in [7, 11) is 0. The van der Waals surface area contributed by atoms with Gasteiger partial charge in [0.1, 0.15) is 5.75 Å². The fraction of sp³-hybridized carbons (Fsp3) is 0.200. The van der Waals surface area contributed by atoms with Crippen LogP contribution in [0.2, 0.25) is 10.0 Å². The Morgan fingerprint density at radius 3 is 2.81 bits per heavy atom. The Bertz CT molecular complexity index is 443. The lowest BCUT2D eigenvalue weighted by Gasteiger charge is -2.13. The van der Waals surface area contributed by atoms with Crippen LogP contribution in [-0.4, -0.2) is 12.0 Å². The first kappa shape index (κ1) is 12.6. The second-order valence-electron chi connectivity index (χ2n) is 2.94. The molecule has 84 valence electrons. The molecule has 0 aliphatic heterocycles. The number of carbonyl (C=O) groups excluding carboxylic acids is 1. The van der Waals surface area contributed by atoms with E-state index in [0.717, 1.165) is 0 Å². The first-order chi connectivity index (χ1) is 7.54. The molecule has 0 saturated heterocycles.